The first kappa shape index (κ1) is 21.0. The molecule has 1 fully saturated rings. The molecule has 0 bridgehead atoms. The van der Waals surface area contributed by atoms with Crippen molar-refractivity contribution in [3.63, 3.8) is 0 Å². The molecule has 0 spiro atoms. The van der Waals surface area contributed by atoms with Gasteiger partial charge >= 0.3 is 6.09 Å². The standard InChI is InChI=1S/C24H26N6O3/c1-3-30-20(12-15-8-9-25-13-21(15)30)22-27-18-11-16(6-7-19(18)28(22)2)23(31)29-10-4-5-17(14-29)26-24(32)33/h6-9,11-13,17,26H,3-5,10,14H2,1-2H3,(H,32,33). The van der Waals surface area contributed by atoms with E-state index in [4.69, 9.17) is 10.1 Å². The van der Waals surface area contributed by atoms with Gasteiger partial charge in [-0.15, -0.1) is 0 Å². The zero-order chi connectivity index (χ0) is 23.1. The third-order valence-electron chi connectivity index (χ3n) is 6.42. The molecule has 33 heavy (non-hydrogen) atoms. The van der Waals surface area contributed by atoms with Gasteiger partial charge < -0.3 is 24.5 Å². The summed E-state index contributed by atoms with van der Waals surface area (Å²) >= 11 is 0. The van der Waals surface area contributed by atoms with E-state index >= 15 is 0 Å². The maximum Gasteiger partial charge on any atom is 0.404 e. The second kappa shape index (κ2) is 8.23. The topological polar surface area (TPSA) is 105 Å². The number of piperidine rings is 1. The van der Waals surface area contributed by atoms with Crippen molar-refractivity contribution in [2.45, 2.75) is 32.4 Å². The van der Waals surface area contributed by atoms with Gasteiger partial charge in [0.25, 0.3) is 5.91 Å². The van der Waals surface area contributed by atoms with Crippen LogP contribution < -0.4 is 5.32 Å². The van der Waals surface area contributed by atoms with Crippen LogP contribution in [0, 0.1) is 0 Å². The number of rotatable bonds is 4. The minimum absolute atomic E-state index is 0.102. The number of aromatic nitrogens is 4. The molecule has 4 aromatic rings. The largest absolute Gasteiger partial charge is 0.465 e. The van der Waals surface area contributed by atoms with Gasteiger partial charge in [-0.05, 0) is 50.1 Å². The molecule has 1 atom stereocenters. The van der Waals surface area contributed by atoms with Crippen LogP contribution in [0.5, 0.6) is 0 Å². The van der Waals surface area contributed by atoms with E-state index in [1.807, 2.05) is 42.1 Å². The number of carbonyl (C=O) groups is 2. The molecule has 4 heterocycles. The van der Waals surface area contributed by atoms with Crippen LogP contribution in [0.1, 0.15) is 30.1 Å². The fourth-order valence-corrected chi connectivity index (χ4v) is 4.82. The van der Waals surface area contributed by atoms with Crippen LogP contribution in [0.4, 0.5) is 4.79 Å². The average Bonchev–Trinajstić information content (AvgIpc) is 3.35. The average molecular weight is 447 g/mol. The molecule has 170 valence electrons. The Morgan fingerprint density at radius 3 is 2.85 bits per heavy atom. The summed E-state index contributed by atoms with van der Waals surface area (Å²) < 4.78 is 4.24. The number of aryl methyl sites for hydroxylation is 2. The smallest absolute Gasteiger partial charge is 0.404 e. The lowest BCUT2D eigenvalue weighted by atomic mass is 10.0. The minimum atomic E-state index is -1.06. The molecule has 1 unspecified atom stereocenters. The number of carboxylic acid groups (broad SMARTS) is 1. The van der Waals surface area contributed by atoms with Crippen molar-refractivity contribution >= 4 is 33.9 Å². The van der Waals surface area contributed by atoms with Crippen molar-refractivity contribution in [3.05, 3.63) is 48.3 Å². The number of likely N-dealkylation sites (tertiary alicyclic amines) is 1. The molecule has 0 aliphatic carbocycles. The summed E-state index contributed by atoms with van der Waals surface area (Å²) in [5.41, 5.74) is 4.32. The molecular formula is C24H26N6O3. The van der Waals surface area contributed by atoms with Crippen LogP contribution in [-0.4, -0.2) is 60.2 Å². The van der Waals surface area contributed by atoms with Crippen molar-refractivity contribution in [2.75, 3.05) is 13.1 Å². The van der Waals surface area contributed by atoms with Crippen molar-refractivity contribution in [1.82, 2.24) is 29.3 Å². The van der Waals surface area contributed by atoms with Gasteiger partial charge in [-0.3, -0.25) is 9.78 Å². The van der Waals surface area contributed by atoms with Crippen LogP contribution in [-0.2, 0) is 13.6 Å². The number of fused-ring (bicyclic) bond motifs is 2. The number of nitrogens with one attached hydrogen (secondary N) is 1. The van der Waals surface area contributed by atoms with Gasteiger partial charge in [-0.25, -0.2) is 9.78 Å². The van der Waals surface area contributed by atoms with Gasteiger partial charge in [0.2, 0.25) is 0 Å². The molecule has 9 nitrogen and oxygen atoms in total. The normalized spacial score (nSPS) is 16.4. The van der Waals surface area contributed by atoms with Gasteiger partial charge in [0.05, 0.1) is 28.4 Å². The highest BCUT2D eigenvalue weighted by atomic mass is 16.4. The van der Waals surface area contributed by atoms with Gasteiger partial charge in [0.1, 0.15) is 0 Å². The van der Waals surface area contributed by atoms with E-state index in [2.05, 4.69) is 27.9 Å². The van der Waals surface area contributed by atoms with Crippen molar-refractivity contribution in [2.24, 2.45) is 7.05 Å². The molecule has 9 heteroatoms. The fourth-order valence-electron chi connectivity index (χ4n) is 4.82. The number of pyridine rings is 1. The lowest BCUT2D eigenvalue weighted by molar-refractivity contribution is 0.0692. The van der Waals surface area contributed by atoms with E-state index < -0.39 is 6.09 Å². The highest BCUT2D eigenvalue weighted by Gasteiger charge is 2.26. The minimum Gasteiger partial charge on any atom is -0.465 e. The predicted octanol–water partition coefficient (Wildman–Crippen LogP) is 3.48. The number of hydrogen-bond donors (Lipinski definition) is 2. The lowest BCUT2D eigenvalue weighted by Crippen LogP contribution is -2.49. The van der Waals surface area contributed by atoms with E-state index in [1.54, 1.807) is 11.1 Å². The zero-order valence-electron chi connectivity index (χ0n) is 18.7. The second-order valence-electron chi connectivity index (χ2n) is 8.45. The number of imidazole rings is 1. The van der Waals surface area contributed by atoms with Gasteiger partial charge in [0, 0.05) is 49.9 Å². The SMILES string of the molecule is CCn1c(-c2nc3cc(C(=O)N4CCCC(NC(=O)O)C4)ccc3n2C)cc2ccncc21. The number of benzene rings is 1. The first-order valence-corrected chi connectivity index (χ1v) is 11.1. The molecule has 5 rings (SSSR count). The maximum absolute atomic E-state index is 13.2. The Morgan fingerprint density at radius 2 is 2.06 bits per heavy atom. The van der Waals surface area contributed by atoms with Crippen molar-refractivity contribution < 1.29 is 14.7 Å². The number of carbonyl (C=O) groups excluding carboxylic acids is 1. The molecule has 1 saturated heterocycles. The van der Waals surface area contributed by atoms with Crippen LogP contribution in [0.25, 0.3) is 33.5 Å². The first-order chi connectivity index (χ1) is 16.0. The van der Waals surface area contributed by atoms with E-state index in [0.29, 0.717) is 18.7 Å². The van der Waals surface area contributed by atoms with Gasteiger partial charge in [-0.2, -0.15) is 0 Å². The molecule has 1 aliphatic heterocycles. The van der Waals surface area contributed by atoms with Crippen molar-refractivity contribution in [3.8, 4) is 11.5 Å². The van der Waals surface area contributed by atoms with E-state index in [0.717, 1.165) is 52.8 Å². The summed E-state index contributed by atoms with van der Waals surface area (Å²) in [6, 6.07) is 9.46. The monoisotopic (exact) mass is 446 g/mol. The molecule has 2 amide bonds. The third kappa shape index (κ3) is 3.69. The highest BCUT2D eigenvalue weighted by molar-refractivity contribution is 5.98. The predicted molar refractivity (Wildman–Crippen MR) is 125 cm³/mol. The van der Waals surface area contributed by atoms with Crippen LogP contribution in [0.15, 0.2) is 42.7 Å². The second-order valence-corrected chi connectivity index (χ2v) is 8.45. The summed E-state index contributed by atoms with van der Waals surface area (Å²) in [6.07, 6.45) is 4.10. The van der Waals surface area contributed by atoms with Gasteiger partial charge in [-0.1, -0.05) is 0 Å². The summed E-state index contributed by atoms with van der Waals surface area (Å²) in [5.74, 6) is 0.728. The Kier molecular flexibility index (Phi) is 5.24. The summed E-state index contributed by atoms with van der Waals surface area (Å²) in [4.78, 5) is 35.0. The number of amides is 2. The molecular weight excluding hydrogens is 420 g/mol. The Morgan fingerprint density at radius 1 is 1.21 bits per heavy atom. The van der Waals surface area contributed by atoms with E-state index in [1.165, 1.54) is 0 Å². The Hall–Kier alpha value is -3.88. The quantitative estimate of drug-likeness (QED) is 0.499. The van der Waals surface area contributed by atoms with Crippen molar-refractivity contribution in [1.29, 1.82) is 0 Å². The molecule has 1 aliphatic rings. The Labute approximate surface area is 190 Å². The lowest BCUT2D eigenvalue weighted by Gasteiger charge is -2.32. The molecule has 0 radical (unpaired) electrons. The molecule has 3 aromatic heterocycles. The van der Waals surface area contributed by atoms with E-state index in [9.17, 15) is 9.59 Å². The van der Waals surface area contributed by atoms with Crippen LogP contribution >= 0.6 is 0 Å². The summed E-state index contributed by atoms with van der Waals surface area (Å²) in [5, 5.41) is 12.6. The third-order valence-corrected chi connectivity index (χ3v) is 6.42. The maximum atomic E-state index is 13.2. The summed E-state index contributed by atoms with van der Waals surface area (Å²) in [7, 11) is 1.98. The van der Waals surface area contributed by atoms with Crippen LogP contribution in [0.2, 0.25) is 0 Å². The number of nitrogens with zero attached hydrogens (tertiary/aromatic N) is 5. The van der Waals surface area contributed by atoms with Crippen LogP contribution in [0.3, 0.4) is 0 Å². The molecule has 2 N–H and O–H groups in total. The summed E-state index contributed by atoms with van der Waals surface area (Å²) in [6.45, 7) is 3.88. The Balaban J connectivity index is 1.49. The number of hydrogen-bond acceptors (Lipinski definition) is 4. The fraction of sp³-hybridized carbons (Fsp3) is 0.333. The Bertz CT molecular complexity index is 1370. The molecule has 1 aromatic carbocycles. The highest BCUT2D eigenvalue weighted by Crippen LogP contribution is 2.30. The first-order valence-electron chi connectivity index (χ1n) is 11.1. The van der Waals surface area contributed by atoms with Gasteiger partial charge in [0.15, 0.2) is 5.82 Å². The van der Waals surface area contributed by atoms with E-state index in [-0.39, 0.29) is 11.9 Å². The zero-order valence-corrected chi connectivity index (χ0v) is 18.7. The molecule has 0 saturated carbocycles.